The van der Waals surface area contributed by atoms with Gasteiger partial charge in [0.1, 0.15) is 6.10 Å². The van der Waals surface area contributed by atoms with Crippen LogP contribution in [0, 0.1) is 5.92 Å². The van der Waals surface area contributed by atoms with Crippen molar-refractivity contribution in [2.45, 2.75) is 45.6 Å². The second kappa shape index (κ2) is 11.1. The van der Waals surface area contributed by atoms with Crippen molar-refractivity contribution in [3.8, 4) is 0 Å². The highest BCUT2D eigenvalue weighted by Crippen LogP contribution is 2.19. The first-order chi connectivity index (χ1) is 9.88. The van der Waals surface area contributed by atoms with E-state index in [0.717, 1.165) is 24.8 Å². The number of hydrogen-bond donors (Lipinski definition) is 1. The van der Waals surface area contributed by atoms with E-state index in [2.05, 4.69) is 27.0 Å². The van der Waals surface area contributed by atoms with Crippen LogP contribution < -0.4 is 0 Å². The van der Waals surface area contributed by atoms with E-state index in [1.165, 1.54) is 12.8 Å². The Kier molecular flexibility index (Phi) is 10.2. The third-order valence-electron chi connectivity index (χ3n) is 2.82. The minimum atomic E-state index is -0.981. The van der Waals surface area contributed by atoms with Crippen LogP contribution in [0.4, 0.5) is 0 Å². The fourth-order valence-corrected chi connectivity index (χ4v) is 1.47. The maximum Gasteiger partial charge on any atom is 0.336 e. The van der Waals surface area contributed by atoms with Crippen LogP contribution in [-0.2, 0) is 19.1 Å². The van der Waals surface area contributed by atoms with Gasteiger partial charge in [0.2, 0.25) is 0 Å². The summed E-state index contributed by atoms with van der Waals surface area (Å²) in [6, 6.07) is 0. The average molecular weight is 298 g/mol. The van der Waals surface area contributed by atoms with Crippen molar-refractivity contribution in [1.82, 2.24) is 0 Å². The zero-order chi connectivity index (χ0) is 16.3. The SMILES string of the molecule is C=C(C(=O)OCCCCCC(C)C)C1CO1.C=CC(=O)O. The summed E-state index contributed by atoms with van der Waals surface area (Å²) < 4.78 is 10.1. The summed E-state index contributed by atoms with van der Waals surface area (Å²) in [4.78, 5) is 20.6. The number of ether oxygens (including phenoxy) is 2. The molecule has 1 rings (SSSR count). The smallest absolute Gasteiger partial charge is 0.336 e. The van der Waals surface area contributed by atoms with Crippen LogP contribution >= 0.6 is 0 Å². The van der Waals surface area contributed by atoms with Gasteiger partial charge in [0.15, 0.2) is 0 Å². The lowest BCUT2D eigenvalue weighted by Gasteiger charge is -2.06. The van der Waals surface area contributed by atoms with E-state index < -0.39 is 5.97 Å². The second-order valence-corrected chi connectivity index (χ2v) is 5.27. The van der Waals surface area contributed by atoms with Gasteiger partial charge in [0.25, 0.3) is 0 Å². The number of unbranched alkanes of at least 4 members (excludes halogenated alkanes) is 2. The molecule has 1 unspecified atom stereocenters. The molecule has 1 aliphatic rings. The Hall–Kier alpha value is -1.62. The molecule has 0 aromatic rings. The molecule has 1 aliphatic heterocycles. The summed E-state index contributed by atoms with van der Waals surface area (Å²) in [6.45, 7) is 12.2. The maximum atomic E-state index is 11.4. The molecule has 0 radical (unpaired) electrons. The van der Waals surface area contributed by atoms with Gasteiger partial charge in [0, 0.05) is 6.08 Å². The highest BCUT2D eigenvalue weighted by Gasteiger charge is 2.31. The molecular weight excluding hydrogens is 272 g/mol. The molecule has 0 aromatic heterocycles. The Morgan fingerprint density at radius 2 is 1.95 bits per heavy atom. The van der Waals surface area contributed by atoms with E-state index >= 15 is 0 Å². The summed E-state index contributed by atoms with van der Waals surface area (Å²) in [5, 5.41) is 7.60. The second-order valence-electron chi connectivity index (χ2n) is 5.27. The van der Waals surface area contributed by atoms with Crippen molar-refractivity contribution in [1.29, 1.82) is 0 Å². The number of hydrogen-bond acceptors (Lipinski definition) is 4. The van der Waals surface area contributed by atoms with Crippen molar-refractivity contribution < 1.29 is 24.2 Å². The lowest BCUT2D eigenvalue weighted by atomic mass is 10.1. The van der Waals surface area contributed by atoms with Crippen molar-refractivity contribution in [3.63, 3.8) is 0 Å². The van der Waals surface area contributed by atoms with Crippen LogP contribution in [0.1, 0.15) is 39.5 Å². The van der Waals surface area contributed by atoms with E-state index in [1.54, 1.807) is 0 Å². The Morgan fingerprint density at radius 1 is 1.38 bits per heavy atom. The van der Waals surface area contributed by atoms with Gasteiger partial charge in [-0.3, -0.25) is 0 Å². The Bertz CT molecular complexity index is 356. The van der Waals surface area contributed by atoms with Crippen LogP contribution in [0.5, 0.6) is 0 Å². The largest absolute Gasteiger partial charge is 0.478 e. The zero-order valence-electron chi connectivity index (χ0n) is 13.0. The third-order valence-corrected chi connectivity index (χ3v) is 2.82. The van der Waals surface area contributed by atoms with E-state index in [9.17, 15) is 9.59 Å². The van der Waals surface area contributed by atoms with Crippen molar-refractivity contribution >= 4 is 11.9 Å². The van der Waals surface area contributed by atoms with Gasteiger partial charge in [-0.2, -0.15) is 0 Å². The van der Waals surface area contributed by atoms with E-state index in [4.69, 9.17) is 14.6 Å². The number of esters is 1. The molecular formula is C16H26O5. The molecule has 0 spiro atoms. The number of carboxylic acids is 1. The minimum absolute atomic E-state index is 0.0755. The number of carboxylic acid groups (broad SMARTS) is 1. The molecule has 120 valence electrons. The van der Waals surface area contributed by atoms with Gasteiger partial charge in [-0.25, -0.2) is 9.59 Å². The molecule has 21 heavy (non-hydrogen) atoms. The number of aliphatic carboxylic acids is 1. The Labute approximate surface area is 126 Å². The molecule has 0 aromatic carbocycles. The lowest BCUT2D eigenvalue weighted by Crippen LogP contribution is -2.12. The average Bonchev–Trinajstić information content (AvgIpc) is 3.26. The van der Waals surface area contributed by atoms with Gasteiger partial charge in [-0.15, -0.1) is 0 Å². The van der Waals surface area contributed by atoms with Gasteiger partial charge in [0.05, 0.1) is 18.8 Å². The molecule has 1 atom stereocenters. The minimum Gasteiger partial charge on any atom is -0.478 e. The standard InChI is InChI=1S/C13H22O3.C3H4O2/c1-10(2)7-5-4-6-8-15-13(14)11(3)12-9-16-12;1-2-3(4)5/h10,12H,3-9H2,1-2H3;2H,1H2,(H,4,5). The predicted octanol–water partition coefficient (Wildman–Crippen LogP) is 2.96. The van der Waals surface area contributed by atoms with Crippen LogP contribution in [0.3, 0.4) is 0 Å². The Balaban J connectivity index is 0.000000690. The number of rotatable bonds is 9. The van der Waals surface area contributed by atoms with E-state index in [-0.39, 0.29) is 12.1 Å². The molecule has 1 saturated heterocycles. The molecule has 0 bridgehead atoms. The summed E-state index contributed by atoms with van der Waals surface area (Å²) in [5.74, 6) is -0.522. The van der Waals surface area contributed by atoms with Gasteiger partial charge < -0.3 is 14.6 Å². The van der Waals surface area contributed by atoms with Gasteiger partial charge >= 0.3 is 11.9 Å². The molecule has 1 fully saturated rings. The molecule has 0 aliphatic carbocycles. The van der Waals surface area contributed by atoms with Crippen molar-refractivity contribution in [3.05, 3.63) is 24.8 Å². The third kappa shape index (κ3) is 11.9. The van der Waals surface area contributed by atoms with Crippen molar-refractivity contribution in [2.75, 3.05) is 13.2 Å². The monoisotopic (exact) mass is 298 g/mol. The molecule has 1 heterocycles. The molecule has 0 saturated carbocycles. The first-order valence-electron chi connectivity index (χ1n) is 7.21. The normalized spacial score (nSPS) is 15.7. The fourth-order valence-electron chi connectivity index (χ4n) is 1.47. The number of carbonyl (C=O) groups excluding carboxylic acids is 1. The summed E-state index contributed by atoms with van der Waals surface area (Å²) in [7, 11) is 0. The first-order valence-corrected chi connectivity index (χ1v) is 7.21. The summed E-state index contributed by atoms with van der Waals surface area (Å²) >= 11 is 0. The molecule has 0 amide bonds. The summed E-state index contributed by atoms with van der Waals surface area (Å²) in [5.41, 5.74) is 0.460. The van der Waals surface area contributed by atoms with Crippen LogP contribution in [-0.4, -0.2) is 36.4 Å². The van der Waals surface area contributed by atoms with Crippen LogP contribution in [0.15, 0.2) is 24.8 Å². The highest BCUT2D eigenvalue weighted by molar-refractivity contribution is 5.89. The van der Waals surface area contributed by atoms with E-state index in [0.29, 0.717) is 18.8 Å². The quantitative estimate of drug-likeness (QED) is 0.306. The Morgan fingerprint density at radius 3 is 2.38 bits per heavy atom. The number of epoxide rings is 1. The molecule has 5 heteroatoms. The van der Waals surface area contributed by atoms with Crippen LogP contribution in [0.25, 0.3) is 0 Å². The van der Waals surface area contributed by atoms with E-state index in [1.807, 2.05) is 0 Å². The highest BCUT2D eigenvalue weighted by atomic mass is 16.6. The first kappa shape index (κ1) is 19.4. The van der Waals surface area contributed by atoms with Gasteiger partial charge in [-0.05, 0) is 12.3 Å². The number of carbonyl (C=O) groups is 2. The summed E-state index contributed by atoms with van der Waals surface area (Å²) in [6.07, 6.45) is 5.28. The fraction of sp³-hybridized carbons (Fsp3) is 0.625. The molecule has 1 N–H and O–H groups in total. The lowest BCUT2D eigenvalue weighted by molar-refractivity contribution is -0.139. The zero-order valence-corrected chi connectivity index (χ0v) is 13.0. The topological polar surface area (TPSA) is 76.1 Å². The van der Waals surface area contributed by atoms with Crippen LogP contribution in [0.2, 0.25) is 0 Å². The van der Waals surface area contributed by atoms with Gasteiger partial charge in [-0.1, -0.05) is 46.3 Å². The van der Waals surface area contributed by atoms with Crippen molar-refractivity contribution in [2.24, 2.45) is 5.92 Å². The predicted molar refractivity (Wildman–Crippen MR) is 81.0 cm³/mol. The maximum absolute atomic E-state index is 11.4. The molecule has 5 nitrogen and oxygen atoms in total.